The maximum Gasteiger partial charge on any atom is 0.116 e. The number of carbonyl (C=O) groups excluding carboxylic acids is 1. The molecule has 1 aromatic heterocycles. The smallest absolute Gasteiger partial charge is 0.116 e. The Morgan fingerprint density at radius 2 is 1.91 bits per heavy atom. The van der Waals surface area contributed by atoms with Crippen LogP contribution in [0.25, 0.3) is 11.1 Å². The first-order chi connectivity index (χ1) is 10.7. The molecule has 0 aliphatic heterocycles. The Bertz CT molecular complexity index is 521. The van der Waals surface area contributed by atoms with Crippen molar-refractivity contribution in [3.05, 3.63) is 36.7 Å². The standard InChI is InChI=1S/C14H19N3.C2H4O.C2H6.CH4/c1-3-4-8-17-11-13(10-16-17)12-6-5-7-14(9-12)15-2;1-2-3;1-2;/h5-7,9-11,15H,3-4,8H2,1-2H3;2H,1H3;1-2H3;1H4. The molecule has 0 atom stereocenters. The van der Waals surface area contributed by atoms with Crippen LogP contribution in [0.5, 0.6) is 0 Å². The van der Waals surface area contributed by atoms with E-state index in [-0.39, 0.29) is 7.43 Å². The lowest BCUT2D eigenvalue weighted by atomic mass is 10.1. The summed E-state index contributed by atoms with van der Waals surface area (Å²) in [5, 5.41) is 7.53. The fourth-order valence-corrected chi connectivity index (χ4v) is 1.81. The van der Waals surface area contributed by atoms with Crippen molar-refractivity contribution in [1.29, 1.82) is 0 Å². The molecule has 0 saturated heterocycles. The van der Waals surface area contributed by atoms with Gasteiger partial charge in [-0.15, -0.1) is 0 Å². The first-order valence-electron chi connectivity index (χ1n) is 7.95. The molecule has 1 aromatic carbocycles. The summed E-state index contributed by atoms with van der Waals surface area (Å²) in [7, 11) is 1.93. The van der Waals surface area contributed by atoms with Crippen LogP contribution < -0.4 is 5.32 Å². The van der Waals surface area contributed by atoms with Crippen LogP contribution in [0.2, 0.25) is 0 Å². The lowest BCUT2D eigenvalue weighted by Crippen LogP contribution is -1.96. The van der Waals surface area contributed by atoms with Gasteiger partial charge >= 0.3 is 0 Å². The lowest BCUT2D eigenvalue weighted by Gasteiger charge is -2.02. The predicted molar refractivity (Wildman–Crippen MR) is 102 cm³/mol. The van der Waals surface area contributed by atoms with Gasteiger partial charge in [0.05, 0.1) is 6.20 Å². The summed E-state index contributed by atoms with van der Waals surface area (Å²) in [4.78, 5) is 8.81. The lowest BCUT2D eigenvalue weighted by molar-refractivity contribution is -0.106. The van der Waals surface area contributed by atoms with Gasteiger partial charge < -0.3 is 10.1 Å². The highest BCUT2D eigenvalue weighted by Crippen LogP contribution is 2.21. The van der Waals surface area contributed by atoms with Gasteiger partial charge in [-0.3, -0.25) is 4.68 Å². The third-order valence-electron chi connectivity index (χ3n) is 2.86. The summed E-state index contributed by atoms with van der Waals surface area (Å²) >= 11 is 0. The number of unbranched alkanes of at least 4 members (excludes halogenated alkanes) is 1. The molecule has 0 amide bonds. The molecule has 23 heavy (non-hydrogen) atoms. The molecule has 0 fully saturated rings. The Hall–Kier alpha value is -2.10. The maximum atomic E-state index is 8.81. The molecular weight excluding hydrogens is 286 g/mol. The van der Waals surface area contributed by atoms with Crippen LogP contribution in [-0.2, 0) is 11.3 Å². The molecule has 1 heterocycles. The quantitative estimate of drug-likeness (QED) is 0.765. The van der Waals surface area contributed by atoms with Gasteiger partial charge in [0, 0.05) is 31.0 Å². The first-order valence-corrected chi connectivity index (χ1v) is 7.95. The highest BCUT2D eigenvalue weighted by Gasteiger charge is 2.02. The highest BCUT2D eigenvalue weighted by atomic mass is 16.1. The minimum atomic E-state index is 0. The van der Waals surface area contributed by atoms with Crippen molar-refractivity contribution in [3.63, 3.8) is 0 Å². The molecule has 4 nitrogen and oxygen atoms in total. The number of aromatic nitrogens is 2. The summed E-state index contributed by atoms with van der Waals surface area (Å²) in [5.41, 5.74) is 3.52. The number of rotatable bonds is 5. The normalized spacial score (nSPS) is 8.57. The van der Waals surface area contributed by atoms with E-state index in [1.165, 1.54) is 30.9 Å². The van der Waals surface area contributed by atoms with Crippen molar-refractivity contribution in [2.24, 2.45) is 0 Å². The molecule has 0 spiro atoms. The SMILES string of the molecule is C.CC.CC=O.CCCCn1cc(-c2cccc(NC)c2)cn1. The second-order valence-electron chi connectivity index (χ2n) is 4.41. The van der Waals surface area contributed by atoms with Gasteiger partial charge in [0.2, 0.25) is 0 Å². The summed E-state index contributed by atoms with van der Waals surface area (Å²) in [6, 6.07) is 8.37. The van der Waals surface area contributed by atoms with Crippen molar-refractivity contribution in [3.8, 4) is 11.1 Å². The zero-order valence-corrected chi connectivity index (χ0v) is 14.5. The van der Waals surface area contributed by atoms with Crippen LogP contribution in [0.4, 0.5) is 5.69 Å². The van der Waals surface area contributed by atoms with Crippen molar-refractivity contribution < 1.29 is 4.79 Å². The summed E-state index contributed by atoms with van der Waals surface area (Å²) in [6.45, 7) is 8.64. The van der Waals surface area contributed by atoms with Crippen LogP contribution in [0.1, 0.15) is 48.0 Å². The zero-order valence-electron chi connectivity index (χ0n) is 14.5. The van der Waals surface area contributed by atoms with Crippen LogP contribution in [0.15, 0.2) is 36.7 Å². The van der Waals surface area contributed by atoms with Crippen LogP contribution in [0.3, 0.4) is 0 Å². The number of nitrogens with one attached hydrogen (secondary N) is 1. The molecular formula is C19H33N3O. The minimum Gasteiger partial charge on any atom is -0.388 e. The molecule has 0 unspecified atom stereocenters. The molecule has 0 radical (unpaired) electrons. The van der Waals surface area contributed by atoms with E-state index in [1.807, 2.05) is 31.8 Å². The number of hydrogen-bond donors (Lipinski definition) is 1. The van der Waals surface area contributed by atoms with E-state index < -0.39 is 0 Å². The van der Waals surface area contributed by atoms with Crippen LogP contribution in [0, 0.1) is 0 Å². The first kappa shape index (κ1) is 23.2. The average molecular weight is 319 g/mol. The Morgan fingerprint density at radius 3 is 2.48 bits per heavy atom. The van der Waals surface area contributed by atoms with E-state index in [9.17, 15) is 0 Å². The van der Waals surface area contributed by atoms with Crippen molar-refractivity contribution in [2.45, 2.75) is 54.5 Å². The monoisotopic (exact) mass is 319 g/mol. The molecule has 0 saturated carbocycles. The number of anilines is 1. The van der Waals surface area contributed by atoms with Crippen LogP contribution >= 0.6 is 0 Å². The number of benzene rings is 1. The van der Waals surface area contributed by atoms with Crippen molar-refractivity contribution in [1.82, 2.24) is 9.78 Å². The van der Waals surface area contributed by atoms with Gasteiger partial charge in [-0.1, -0.05) is 46.8 Å². The van der Waals surface area contributed by atoms with Gasteiger partial charge in [0.15, 0.2) is 0 Å². The van der Waals surface area contributed by atoms with E-state index in [1.54, 1.807) is 0 Å². The number of aldehydes is 1. The molecule has 1 N–H and O–H groups in total. The van der Waals surface area contributed by atoms with E-state index in [2.05, 4.69) is 47.8 Å². The number of hydrogen-bond acceptors (Lipinski definition) is 3. The zero-order chi connectivity index (χ0) is 16.8. The minimum absolute atomic E-state index is 0. The van der Waals surface area contributed by atoms with Gasteiger partial charge in [-0.2, -0.15) is 5.10 Å². The van der Waals surface area contributed by atoms with E-state index in [0.29, 0.717) is 0 Å². The summed E-state index contributed by atoms with van der Waals surface area (Å²) < 4.78 is 2.02. The maximum absolute atomic E-state index is 8.81. The Labute approximate surface area is 141 Å². The average Bonchev–Trinajstić information content (AvgIpc) is 3.04. The molecule has 2 rings (SSSR count). The van der Waals surface area contributed by atoms with E-state index in [4.69, 9.17) is 4.79 Å². The Kier molecular flexibility index (Phi) is 14.9. The number of nitrogens with zero attached hydrogens (tertiary/aromatic N) is 2. The molecule has 2 aromatic rings. The fraction of sp³-hybridized carbons (Fsp3) is 0.474. The molecule has 4 heteroatoms. The molecule has 0 aliphatic rings. The Morgan fingerprint density at radius 1 is 1.26 bits per heavy atom. The van der Waals surface area contributed by atoms with E-state index >= 15 is 0 Å². The van der Waals surface area contributed by atoms with Crippen molar-refractivity contribution in [2.75, 3.05) is 12.4 Å². The molecule has 0 aliphatic carbocycles. The predicted octanol–water partition coefficient (Wildman–Crippen LogP) is 5.26. The second-order valence-corrected chi connectivity index (χ2v) is 4.41. The van der Waals surface area contributed by atoms with Crippen LogP contribution in [-0.4, -0.2) is 23.1 Å². The Balaban J connectivity index is 0. The van der Waals surface area contributed by atoms with Gasteiger partial charge in [-0.25, -0.2) is 0 Å². The highest BCUT2D eigenvalue weighted by molar-refractivity contribution is 5.66. The van der Waals surface area contributed by atoms with Gasteiger partial charge in [0.25, 0.3) is 0 Å². The van der Waals surface area contributed by atoms with Gasteiger partial charge in [0.1, 0.15) is 6.29 Å². The largest absolute Gasteiger partial charge is 0.388 e. The van der Waals surface area contributed by atoms with Gasteiger partial charge in [-0.05, 0) is 31.0 Å². The third-order valence-corrected chi connectivity index (χ3v) is 2.86. The molecule has 0 bridgehead atoms. The summed E-state index contributed by atoms with van der Waals surface area (Å²) in [5.74, 6) is 0. The molecule has 130 valence electrons. The topological polar surface area (TPSA) is 46.9 Å². The summed E-state index contributed by atoms with van der Waals surface area (Å²) in [6.07, 6.45) is 7.18. The van der Waals surface area contributed by atoms with Crippen molar-refractivity contribution >= 4 is 12.0 Å². The third kappa shape index (κ3) is 8.81. The number of carbonyl (C=O) groups is 1. The van der Waals surface area contributed by atoms with E-state index in [0.717, 1.165) is 18.5 Å². The number of aryl methyl sites for hydroxylation is 1. The fourth-order valence-electron chi connectivity index (χ4n) is 1.81. The second kappa shape index (κ2) is 14.8.